The Morgan fingerprint density at radius 3 is 2.34 bits per heavy atom. The lowest BCUT2D eigenvalue weighted by atomic mass is 9.95. The highest BCUT2D eigenvalue weighted by Gasteiger charge is 2.34. The number of carbonyl (C=O) groups excluding carboxylic acids is 1. The summed E-state index contributed by atoms with van der Waals surface area (Å²) in [6.07, 6.45) is 4.26. The predicted octanol–water partition coefficient (Wildman–Crippen LogP) is 5.09. The predicted molar refractivity (Wildman–Crippen MR) is 112 cm³/mol. The van der Waals surface area contributed by atoms with E-state index >= 15 is 0 Å². The van der Waals surface area contributed by atoms with Crippen LogP contribution < -0.4 is 5.32 Å². The lowest BCUT2D eigenvalue weighted by molar-refractivity contribution is -0.116. The molecule has 0 aliphatic heterocycles. The van der Waals surface area contributed by atoms with Crippen molar-refractivity contribution in [1.29, 1.82) is 0 Å². The number of nitrogens with one attached hydrogen (secondary N) is 1. The molecule has 0 radical (unpaired) electrons. The molecule has 1 N–H and O–H groups in total. The van der Waals surface area contributed by atoms with Crippen LogP contribution in [0.2, 0.25) is 10.0 Å². The first-order valence-electron chi connectivity index (χ1n) is 9.29. The zero-order valence-corrected chi connectivity index (χ0v) is 17.9. The fourth-order valence-electron chi connectivity index (χ4n) is 3.44. The number of hydrogen-bond donors (Lipinski definition) is 1. The standard InChI is InChI=1S/C20H21Cl2FN2O3S/c21-14-6-9-17(10-7-14)29(27,28)25(16-4-2-1-3-5-16)13-20(26)24-15-8-11-19(23)18(22)12-15/h6-12,16H,1-5,13H2,(H,24,26). The van der Waals surface area contributed by atoms with Gasteiger partial charge in [-0.1, -0.05) is 42.5 Å². The maximum absolute atomic E-state index is 13.3. The molecular weight excluding hydrogens is 438 g/mol. The minimum Gasteiger partial charge on any atom is -0.325 e. The van der Waals surface area contributed by atoms with Crippen molar-refractivity contribution >= 4 is 44.8 Å². The summed E-state index contributed by atoms with van der Waals surface area (Å²) in [6, 6.07) is 9.43. The van der Waals surface area contributed by atoms with Gasteiger partial charge in [-0.05, 0) is 55.3 Å². The van der Waals surface area contributed by atoms with Crippen LogP contribution >= 0.6 is 23.2 Å². The average Bonchev–Trinajstić information content (AvgIpc) is 2.70. The summed E-state index contributed by atoms with van der Waals surface area (Å²) in [5.41, 5.74) is 0.300. The maximum atomic E-state index is 13.3. The van der Waals surface area contributed by atoms with Crippen molar-refractivity contribution in [2.24, 2.45) is 0 Å². The number of sulfonamides is 1. The first-order valence-corrected chi connectivity index (χ1v) is 11.5. The first kappa shape index (κ1) is 22.0. The number of benzene rings is 2. The number of anilines is 1. The number of rotatable bonds is 6. The van der Waals surface area contributed by atoms with E-state index in [0.717, 1.165) is 25.3 Å². The van der Waals surface area contributed by atoms with Gasteiger partial charge in [0.05, 0.1) is 16.5 Å². The van der Waals surface area contributed by atoms with Crippen LogP contribution in [0.5, 0.6) is 0 Å². The molecule has 0 spiro atoms. The highest BCUT2D eigenvalue weighted by Crippen LogP contribution is 2.28. The van der Waals surface area contributed by atoms with Gasteiger partial charge in [0.1, 0.15) is 5.82 Å². The molecule has 156 valence electrons. The van der Waals surface area contributed by atoms with Crippen LogP contribution in [0.15, 0.2) is 47.4 Å². The number of nitrogens with zero attached hydrogens (tertiary/aromatic N) is 1. The summed E-state index contributed by atoms with van der Waals surface area (Å²) in [5, 5.41) is 2.90. The smallest absolute Gasteiger partial charge is 0.243 e. The van der Waals surface area contributed by atoms with Gasteiger partial charge in [0.2, 0.25) is 15.9 Å². The van der Waals surface area contributed by atoms with Gasteiger partial charge in [0, 0.05) is 16.8 Å². The SMILES string of the molecule is O=C(CN(C1CCCCC1)S(=O)(=O)c1ccc(Cl)cc1)Nc1ccc(F)c(Cl)c1. The maximum Gasteiger partial charge on any atom is 0.243 e. The summed E-state index contributed by atoms with van der Waals surface area (Å²) in [4.78, 5) is 12.7. The van der Waals surface area contributed by atoms with Crippen LogP contribution in [0.1, 0.15) is 32.1 Å². The molecule has 0 aromatic heterocycles. The Morgan fingerprint density at radius 1 is 1.07 bits per heavy atom. The Kier molecular flexibility index (Phi) is 7.16. The summed E-state index contributed by atoms with van der Waals surface area (Å²) in [5.74, 6) is -1.12. The van der Waals surface area contributed by atoms with E-state index in [0.29, 0.717) is 23.6 Å². The molecule has 1 aliphatic carbocycles. The lowest BCUT2D eigenvalue weighted by Gasteiger charge is -2.33. The van der Waals surface area contributed by atoms with Gasteiger partial charge >= 0.3 is 0 Å². The van der Waals surface area contributed by atoms with Gasteiger partial charge in [-0.2, -0.15) is 4.31 Å². The van der Waals surface area contributed by atoms with Crippen LogP contribution in [0.3, 0.4) is 0 Å². The number of amides is 1. The minimum absolute atomic E-state index is 0.0881. The van der Waals surface area contributed by atoms with Crippen LogP contribution in [0.25, 0.3) is 0 Å². The average molecular weight is 459 g/mol. The van der Waals surface area contributed by atoms with E-state index in [1.54, 1.807) is 0 Å². The van der Waals surface area contributed by atoms with E-state index in [2.05, 4.69) is 5.32 Å². The van der Waals surface area contributed by atoms with Crippen LogP contribution in [0, 0.1) is 5.82 Å². The molecule has 2 aromatic rings. The Bertz CT molecular complexity index is 978. The van der Waals surface area contributed by atoms with Crippen molar-refractivity contribution in [1.82, 2.24) is 4.31 Å². The fraction of sp³-hybridized carbons (Fsp3) is 0.350. The second-order valence-corrected chi connectivity index (χ2v) is 9.71. The zero-order valence-electron chi connectivity index (χ0n) is 15.6. The largest absolute Gasteiger partial charge is 0.325 e. The molecule has 0 saturated heterocycles. The molecule has 0 heterocycles. The normalized spacial score (nSPS) is 15.4. The second kappa shape index (κ2) is 9.43. The van der Waals surface area contributed by atoms with E-state index in [1.165, 1.54) is 40.7 Å². The molecule has 2 aromatic carbocycles. The van der Waals surface area contributed by atoms with Crippen molar-refractivity contribution in [3.8, 4) is 0 Å². The van der Waals surface area contributed by atoms with Crippen molar-refractivity contribution in [2.45, 2.75) is 43.0 Å². The molecule has 3 rings (SSSR count). The molecule has 1 saturated carbocycles. The molecule has 1 amide bonds. The van der Waals surface area contributed by atoms with E-state index in [1.807, 2.05) is 0 Å². The van der Waals surface area contributed by atoms with Crippen LogP contribution in [-0.2, 0) is 14.8 Å². The highest BCUT2D eigenvalue weighted by atomic mass is 35.5. The number of hydrogen-bond acceptors (Lipinski definition) is 3. The van der Waals surface area contributed by atoms with E-state index in [4.69, 9.17) is 23.2 Å². The topological polar surface area (TPSA) is 66.5 Å². The van der Waals surface area contributed by atoms with E-state index in [-0.39, 0.29) is 22.5 Å². The molecule has 0 unspecified atom stereocenters. The quantitative estimate of drug-likeness (QED) is 0.654. The van der Waals surface area contributed by atoms with Gasteiger partial charge in [0.15, 0.2) is 0 Å². The molecule has 29 heavy (non-hydrogen) atoms. The Balaban J connectivity index is 1.84. The van der Waals surface area contributed by atoms with Crippen molar-refractivity contribution < 1.29 is 17.6 Å². The molecule has 0 bridgehead atoms. The van der Waals surface area contributed by atoms with Crippen LogP contribution in [-0.4, -0.2) is 31.2 Å². The molecular formula is C20H21Cl2FN2O3S. The second-order valence-electron chi connectivity index (χ2n) is 6.97. The lowest BCUT2D eigenvalue weighted by Crippen LogP contribution is -2.45. The van der Waals surface area contributed by atoms with Crippen molar-refractivity contribution in [2.75, 3.05) is 11.9 Å². The zero-order chi connectivity index (χ0) is 21.0. The minimum atomic E-state index is -3.89. The first-order chi connectivity index (χ1) is 13.8. The summed E-state index contributed by atoms with van der Waals surface area (Å²) < 4.78 is 41.1. The fourth-order valence-corrected chi connectivity index (χ4v) is 5.39. The third kappa shape index (κ3) is 5.48. The Morgan fingerprint density at radius 2 is 1.72 bits per heavy atom. The third-order valence-electron chi connectivity index (χ3n) is 4.90. The Labute approximate surface area is 179 Å². The molecule has 1 fully saturated rings. The monoisotopic (exact) mass is 458 g/mol. The van der Waals surface area contributed by atoms with E-state index in [9.17, 15) is 17.6 Å². The van der Waals surface area contributed by atoms with Gasteiger partial charge in [-0.15, -0.1) is 0 Å². The van der Waals surface area contributed by atoms with Crippen LogP contribution in [0.4, 0.5) is 10.1 Å². The van der Waals surface area contributed by atoms with Gasteiger partial charge in [0.25, 0.3) is 0 Å². The molecule has 9 heteroatoms. The van der Waals surface area contributed by atoms with E-state index < -0.39 is 21.7 Å². The molecule has 1 aliphatic rings. The molecule has 5 nitrogen and oxygen atoms in total. The van der Waals surface area contributed by atoms with Crippen molar-refractivity contribution in [3.63, 3.8) is 0 Å². The van der Waals surface area contributed by atoms with Gasteiger partial charge in [-0.3, -0.25) is 4.79 Å². The van der Waals surface area contributed by atoms with Crippen molar-refractivity contribution in [3.05, 3.63) is 58.3 Å². The summed E-state index contributed by atoms with van der Waals surface area (Å²) >= 11 is 11.6. The Hall–Kier alpha value is -1.67. The molecule has 0 atom stereocenters. The third-order valence-corrected chi connectivity index (χ3v) is 7.36. The highest BCUT2D eigenvalue weighted by molar-refractivity contribution is 7.89. The number of carbonyl (C=O) groups is 1. The summed E-state index contributed by atoms with van der Waals surface area (Å²) in [6.45, 7) is -0.343. The van der Waals surface area contributed by atoms with Gasteiger partial charge in [-0.25, -0.2) is 12.8 Å². The number of halogens is 3. The summed E-state index contributed by atoms with van der Waals surface area (Å²) in [7, 11) is -3.89. The van der Waals surface area contributed by atoms with Gasteiger partial charge < -0.3 is 5.32 Å².